The molecule has 0 fully saturated rings. The zero-order valence-corrected chi connectivity index (χ0v) is 13.7. The number of pyridine rings is 1. The molecule has 3 aromatic rings. The number of hydrogen-bond donors (Lipinski definition) is 0. The molecular formula is C18H18N4O2. The summed E-state index contributed by atoms with van der Waals surface area (Å²) in [7, 11) is 3.45. The van der Waals surface area contributed by atoms with Crippen molar-refractivity contribution >= 4 is 22.5 Å². The molecule has 1 aromatic carbocycles. The number of carbonyl (C=O) groups excluding carboxylic acids is 1. The summed E-state index contributed by atoms with van der Waals surface area (Å²) in [6, 6.07) is 7.47. The van der Waals surface area contributed by atoms with Gasteiger partial charge in [0.05, 0.1) is 23.7 Å². The highest BCUT2D eigenvalue weighted by atomic mass is 16.5. The topological polar surface area (TPSA) is 60.2 Å². The molecule has 6 heteroatoms. The van der Waals surface area contributed by atoms with Crippen molar-refractivity contribution in [3.63, 3.8) is 0 Å². The molecule has 0 spiro atoms. The molecule has 0 saturated carbocycles. The maximum Gasteiger partial charge on any atom is 0.258 e. The summed E-state index contributed by atoms with van der Waals surface area (Å²) >= 11 is 0. The largest absolute Gasteiger partial charge is 0.481 e. The SMILES string of the molecule is COc1c2ccc(C(=O)N3CCCc4cnccc43)cc2nn1C. The predicted octanol–water partition coefficient (Wildman–Crippen LogP) is 2.57. The van der Waals surface area contributed by atoms with Crippen molar-refractivity contribution < 1.29 is 9.53 Å². The molecule has 1 aliphatic heterocycles. The van der Waals surface area contributed by atoms with Crippen LogP contribution in [-0.4, -0.2) is 34.3 Å². The quantitative estimate of drug-likeness (QED) is 0.727. The van der Waals surface area contributed by atoms with Crippen LogP contribution in [0.3, 0.4) is 0 Å². The summed E-state index contributed by atoms with van der Waals surface area (Å²) < 4.78 is 7.04. The van der Waals surface area contributed by atoms with E-state index in [0.29, 0.717) is 11.4 Å². The Balaban J connectivity index is 1.74. The van der Waals surface area contributed by atoms with Gasteiger partial charge in [-0.25, -0.2) is 4.68 Å². The number of anilines is 1. The van der Waals surface area contributed by atoms with Crippen molar-refractivity contribution in [2.45, 2.75) is 12.8 Å². The standard InChI is InChI=1S/C18H18N4O2/c1-21-18(24-2)14-6-5-12(10-15(14)20-21)17(23)22-9-3-4-13-11-19-8-7-16(13)22/h5-8,10-11H,3-4,9H2,1-2H3. The molecule has 0 saturated heterocycles. The van der Waals surface area contributed by atoms with E-state index in [2.05, 4.69) is 10.1 Å². The van der Waals surface area contributed by atoms with E-state index in [1.807, 2.05) is 42.4 Å². The molecule has 122 valence electrons. The van der Waals surface area contributed by atoms with Crippen molar-refractivity contribution in [3.8, 4) is 5.88 Å². The summed E-state index contributed by atoms with van der Waals surface area (Å²) in [4.78, 5) is 19.0. The first-order valence-corrected chi connectivity index (χ1v) is 7.94. The third kappa shape index (κ3) is 2.22. The van der Waals surface area contributed by atoms with E-state index in [1.54, 1.807) is 18.0 Å². The monoisotopic (exact) mass is 322 g/mol. The number of hydrogen-bond acceptors (Lipinski definition) is 4. The second-order valence-electron chi connectivity index (χ2n) is 5.93. The summed E-state index contributed by atoms with van der Waals surface area (Å²) in [6.45, 7) is 0.722. The van der Waals surface area contributed by atoms with Gasteiger partial charge in [0.25, 0.3) is 5.91 Å². The third-order valence-corrected chi connectivity index (χ3v) is 4.46. The zero-order chi connectivity index (χ0) is 16.7. The van der Waals surface area contributed by atoms with Gasteiger partial charge in [0, 0.05) is 31.5 Å². The average molecular weight is 322 g/mol. The Hall–Kier alpha value is -2.89. The van der Waals surface area contributed by atoms with Gasteiger partial charge in [-0.05, 0) is 42.7 Å². The normalized spacial score (nSPS) is 13.8. The number of aryl methyl sites for hydroxylation is 2. The second-order valence-corrected chi connectivity index (χ2v) is 5.93. The number of nitrogens with zero attached hydrogens (tertiary/aromatic N) is 4. The molecule has 2 aromatic heterocycles. The van der Waals surface area contributed by atoms with Crippen molar-refractivity contribution in [1.29, 1.82) is 0 Å². The highest BCUT2D eigenvalue weighted by Crippen LogP contribution is 2.29. The van der Waals surface area contributed by atoms with Gasteiger partial charge in [-0.1, -0.05) is 0 Å². The molecule has 0 radical (unpaired) electrons. The molecule has 1 aliphatic rings. The fourth-order valence-electron chi connectivity index (χ4n) is 3.34. The molecule has 3 heterocycles. The maximum absolute atomic E-state index is 13.0. The Bertz CT molecular complexity index is 932. The smallest absolute Gasteiger partial charge is 0.258 e. The number of benzene rings is 1. The van der Waals surface area contributed by atoms with Gasteiger partial charge < -0.3 is 9.64 Å². The van der Waals surface area contributed by atoms with Crippen LogP contribution in [0.1, 0.15) is 22.3 Å². The van der Waals surface area contributed by atoms with Crippen LogP contribution in [0.4, 0.5) is 5.69 Å². The van der Waals surface area contributed by atoms with Crippen molar-refractivity contribution in [1.82, 2.24) is 14.8 Å². The average Bonchev–Trinajstić information content (AvgIpc) is 2.94. The Morgan fingerprint density at radius 3 is 3.00 bits per heavy atom. The molecule has 0 unspecified atom stereocenters. The minimum Gasteiger partial charge on any atom is -0.481 e. The van der Waals surface area contributed by atoms with Gasteiger partial charge in [-0.15, -0.1) is 0 Å². The molecule has 0 N–H and O–H groups in total. The summed E-state index contributed by atoms with van der Waals surface area (Å²) in [5.74, 6) is 0.687. The van der Waals surface area contributed by atoms with E-state index in [1.165, 1.54) is 0 Å². The Kier molecular flexibility index (Phi) is 3.45. The fourth-order valence-corrected chi connectivity index (χ4v) is 3.34. The number of fused-ring (bicyclic) bond motifs is 2. The molecular weight excluding hydrogens is 304 g/mol. The van der Waals surface area contributed by atoms with Gasteiger partial charge >= 0.3 is 0 Å². The second kappa shape index (κ2) is 5.63. The summed E-state index contributed by atoms with van der Waals surface area (Å²) in [5, 5.41) is 5.33. The molecule has 0 bridgehead atoms. The van der Waals surface area contributed by atoms with Gasteiger partial charge in [0.15, 0.2) is 0 Å². The highest BCUT2D eigenvalue weighted by molar-refractivity contribution is 6.08. The lowest BCUT2D eigenvalue weighted by Gasteiger charge is -2.29. The number of ether oxygens (including phenoxy) is 1. The summed E-state index contributed by atoms with van der Waals surface area (Å²) in [5.41, 5.74) is 3.47. The zero-order valence-electron chi connectivity index (χ0n) is 13.7. The minimum absolute atomic E-state index is 0.00586. The highest BCUT2D eigenvalue weighted by Gasteiger charge is 2.24. The third-order valence-electron chi connectivity index (χ3n) is 4.46. The minimum atomic E-state index is -0.00586. The molecule has 1 amide bonds. The lowest BCUT2D eigenvalue weighted by molar-refractivity contribution is 0.0985. The van der Waals surface area contributed by atoms with Gasteiger partial charge in [-0.2, -0.15) is 5.10 Å². The molecule has 24 heavy (non-hydrogen) atoms. The number of carbonyl (C=O) groups is 1. The van der Waals surface area contributed by atoms with Crippen molar-refractivity contribution in [2.24, 2.45) is 7.05 Å². The van der Waals surface area contributed by atoms with Gasteiger partial charge in [0.1, 0.15) is 0 Å². The Morgan fingerprint density at radius 1 is 1.29 bits per heavy atom. The van der Waals surface area contributed by atoms with Crippen LogP contribution in [0, 0.1) is 0 Å². The van der Waals surface area contributed by atoms with E-state index < -0.39 is 0 Å². The Labute approximate surface area is 139 Å². The van der Waals surface area contributed by atoms with E-state index >= 15 is 0 Å². The molecule has 0 aliphatic carbocycles. The number of aromatic nitrogens is 3. The van der Waals surface area contributed by atoms with Crippen LogP contribution < -0.4 is 9.64 Å². The van der Waals surface area contributed by atoms with E-state index in [9.17, 15) is 4.79 Å². The lowest BCUT2D eigenvalue weighted by Crippen LogP contribution is -2.35. The van der Waals surface area contributed by atoms with Crippen LogP contribution in [0.5, 0.6) is 5.88 Å². The van der Waals surface area contributed by atoms with Crippen LogP contribution in [0.25, 0.3) is 10.9 Å². The van der Waals surface area contributed by atoms with Crippen LogP contribution in [0.2, 0.25) is 0 Å². The number of rotatable bonds is 2. The van der Waals surface area contributed by atoms with Crippen LogP contribution >= 0.6 is 0 Å². The van der Waals surface area contributed by atoms with Crippen LogP contribution in [-0.2, 0) is 13.5 Å². The lowest BCUT2D eigenvalue weighted by atomic mass is 10.0. The molecule has 4 rings (SSSR count). The van der Waals surface area contributed by atoms with Crippen molar-refractivity contribution in [2.75, 3.05) is 18.6 Å². The van der Waals surface area contributed by atoms with Crippen molar-refractivity contribution in [3.05, 3.63) is 47.8 Å². The first-order chi connectivity index (χ1) is 11.7. The Morgan fingerprint density at radius 2 is 2.17 bits per heavy atom. The van der Waals surface area contributed by atoms with Gasteiger partial charge in [-0.3, -0.25) is 9.78 Å². The summed E-state index contributed by atoms with van der Waals surface area (Å²) in [6.07, 6.45) is 5.49. The predicted molar refractivity (Wildman–Crippen MR) is 91.5 cm³/mol. The van der Waals surface area contributed by atoms with Crippen LogP contribution in [0.15, 0.2) is 36.7 Å². The number of methoxy groups -OCH3 is 1. The first kappa shape index (κ1) is 14.7. The first-order valence-electron chi connectivity index (χ1n) is 7.94. The fraction of sp³-hybridized carbons (Fsp3) is 0.278. The number of amides is 1. The van der Waals surface area contributed by atoms with E-state index in [4.69, 9.17) is 4.74 Å². The van der Waals surface area contributed by atoms with E-state index in [0.717, 1.165) is 41.5 Å². The maximum atomic E-state index is 13.0. The van der Waals surface area contributed by atoms with Gasteiger partial charge in [0.2, 0.25) is 5.88 Å². The van der Waals surface area contributed by atoms with E-state index in [-0.39, 0.29) is 5.91 Å². The molecule has 0 atom stereocenters. The molecule has 6 nitrogen and oxygen atoms in total.